The summed E-state index contributed by atoms with van der Waals surface area (Å²) in [5, 5.41) is 0. The van der Waals surface area contributed by atoms with Gasteiger partial charge in [0.25, 0.3) is 0 Å². The van der Waals surface area contributed by atoms with Crippen molar-refractivity contribution in [3.8, 4) is 0 Å². The molecular formula is C12H15F2NO3S. The van der Waals surface area contributed by atoms with E-state index in [0.29, 0.717) is 6.07 Å². The van der Waals surface area contributed by atoms with Gasteiger partial charge in [-0.3, -0.25) is 0 Å². The van der Waals surface area contributed by atoms with Crippen LogP contribution in [0.15, 0.2) is 23.1 Å². The molecule has 0 aliphatic carbocycles. The van der Waals surface area contributed by atoms with E-state index in [1.165, 1.54) is 0 Å². The molecule has 0 saturated carbocycles. The van der Waals surface area contributed by atoms with Crippen molar-refractivity contribution < 1.29 is 21.9 Å². The highest BCUT2D eigenvalue weighted by molar-refractivity contribution is 7.89. The van der Waals surface area contributed by atoms with Gasteiger partial charge in [-0.1, -0.05) is 0 Å². The second-order valence-electron chi connectivity index (χ2n) is 4.65. The van der Waals surface area contributed by atoms with Crippen molar-refractivity contribution in [2.75, 3.05) is 13.1 Å². The van der Waals surface area contributed by atoms with Crippen LogP contribution in [0.2, 0.25) is 0 Å². The fourth-order valence-corrected chi connectivity index (χ4v) is 3.81. The molecule has 2 rings (SSSR count). The number of sulfonamides is 1. The van der Waals surface area contributed by atoms with Crippen LogP contribution in [0.5, 0.6) is 0 Å². The average molecular weight is 291 g/mol. The number of morpholine rings is 1. The zero-order valence-corrected chi connectivity index (χ0v) is 11.5. The lowest BCUT2D eigenvalue weighted by Crippen LogP contribution is -2.48. The molecule has 1 fully saturated rings. The molecule has 0 bridgehead atoms. The third kappa shape index (κ3) is 2.93. The Morgan fingerprint density at radius 1 is 1.21 bits per heavy atom. The first-order valence-corrected chi connectivity index (χ1v) is 7.35. The maximum Gasteiger partial charge on any atom is 0.246 e. The van der Waals surface area contributed by atoms with Gasteiger partial charge in [0.15, 0.2) is 0 Å². The molecule has 4 nitrogen and oxygen atoms in total. The highest BCUT2D eigenvalue weighted by atomic mass is 32.2. The molecule has 1 aliphatic heterocycles. The fraction of sp³-hybridized carbons (Fsp3) is 0.500. The predicted molar refractivity (Wildman–Crippen MR) is 65.1 cm³/mol. The van der Waals surface area contributed by atoms with E-state index in [2.05, 4.69) is 0 Å². The van der Waals surface area contributed by atoms with Crippen LogP contribution in [0.3, 0.4) is 0 Å². The SMILES string of the molecule is C[C@@H]1CN(S(=O)(=O)c2cc(F)ccc2F)C[C@H](C)O1. The molecule has 1 aliphatic rings. The second-order valence-corrected chi connectivity index (χ2v) is 6.56. The van der Waals surface area contributed by atoms with E-state index in [0.717, 1.165) is 16.4 Å². The first-order valence-electron chi connectivity index (χ1n) is 5.91. The summed E-state index contributed by atoms with van der Waals surface area (Å²) in [6.07, 6.45) is -0.565. The highest BCUT2D eigenvalue weighted by Crippen LogP contribution is 2.23. The van der Waals surface area contributed by atoms with E-state index >= 15 is 0 Å². The smallest absolute Gasteiger partial charge is 0.246 e. The largest absolute Gasteiger partial charge is 0.373 e. The van der Waals surface area contributed by atoms with Gasteiger partial charge in [-0.15, -0.1) is 0 Å². The van der Waals surface area contributed by atoms with E-state index in [-0.39, 0.29) is 25.3 Å². The van der Waals surface area contributed by atoms with Crippen LogP contribution in [0.4, 0.5) is 8.78 Å². The molecule has 2 atom stereocenters. The minimum absolute atomic E-state index is 0.128. The first kappa shape index (κ1) is 14.4. The summed E-state index contributed by atoms with van der Waals surface area (Å²) in [4.78, 5) is -0.631. The van der Waals surface area contributed by atoms with Crippen molar-refractivity contribution in [3.63, 3.8) is 0 Å². The zero-order chi connectivity index (χ0) is 14.2. The highest BCUT2D eigenvalue weighted by Gasteiger charge is 2.34. The quantitative estimate of drug-likeness (QED) is 0.834. The number of rotatable bonds is 2. The van der Waals surface area contributed by atoms with Crippen molar-refractivity contribution in [1.29, 1.82) is 0 Å². The molecule has 19 heavy (non-hydrogen) atoms. The minimum atomic E-state index is -4.04. The Kier molecular flexibility index (Phi) is 3.89. The number of benzene rings is 1. The maximum absolute atomic E-state index is 13.6. The van der Waals surface area contributed by atoms with Crippen molar-refractivity contribution in [3.05, 3.63) is 29.8 Å². The van der Waals surface area contributed by atoms with E-state index in [4.69, 9.17) is 4.74 Å². The number of ether oxygens (including phenoxy) is 1. The van der Waals surface area contributed by atoms with Crippen LogP contribution < -0.4 is 0 Å². The summed E-state index contributed by atoms with van der Waals surface area (Å²) in [6.45, 7) is 3.73. The van der Waals surface area contributed by atoms with Gasteiger partial charge in [0.2, 0.25) is 10.0 Å². The summed E-state index contributed by atoms with van der Waals surface area (Å²) in [5.41, 5.74) is 0. The summed E-state index contributed by atoms with van der Waals surface area (Å²) in [7, 11) is -4.04. The van der Waals surface area contributed by atoms with E-state index in [9.17, 15) is 17.2 Å². The molecule has 0 unspecified atom stereocenters. The topological polar surface area (TPSA) is 46.6 Å². The lowest BCUT2D eigenvalue weighted by atomic mass is 10.3. The van der Waals surface area contributed by atoms with Gasteiger partial charge < -0.3 is 4.74 Å². The van der Waals surface area contributed by atoms with Crippen LogP contribution in [0.1, 0.15) is 13.8 Å². The molecule has 7 heteroatoms. The Balaban J connectivity index is 2.39. The van der Waals surface area contributed by atoms with Crippen LogP contribution in [-0.2, 0) is 14.8 Å². The van der Waals surface area contributed by atoms with Gasteiger partial charge in [0.05, 0.1) is 12.2 Å². The standard InChI is InChI=1S/C12H15F2NO3S/c1-8-6-15(7-9(2)18-8)19(16,17)12-5-10(13)3-4-11(12)14/h3-5,8-9H,6-7H2,1-2H3/t8-,9+. The van der Waals surface area contributed by atoms with Crippen molar-refractivity contribution in [2.45, 2.75) is 31.0 Å². The Labute approximate surface area is 111 Å². The molecule has 0 aromatic heterocycles. The number of hydrogen-bond acceptors (Lipinski definition) is 3. The van der Waals surface area contributed by atoms with Crippen molar-refractivity contribution in [2.24, 2.45) is 0 Å². The van der Waals surface area contributed by atoms with Gasteiger partial charge in [-0.05, 0) is 32.0 Å². The van der Waals surface area contributed by atoms with Crippen LogP contribution in [-0.4, -0.2) is 38.0 Å². The molecule has 1 heterocycles. The number of nitrogens with zero attached hydrogens (tertiary/aromatic N) is 1. The molecule has 0 spiro atoms. The van der Waals surface area contributed by atoms with E-state index in [1.807, 2.05) is 0 Å². The Morgan fingerprint density at radius 2 is 1.79 bits per heavy atom. The lowest BCUT2D eigenvalue weighted by molar-refractivity contribution is -0.0441. The van der Waals surface area contributed by atoms with Crippen LogP contribution >= 0.6 is 0 Å². The molecule has 1 aromatic carbocycles. The predicted octanol–water partition coefficient (Wildman–Crippen LogP) is 1.76. The Hall–Kier alpha value is -1.05. The number of halogens is 2. The monoisotopic (exact) mass is 291 g/mol. The summed E-state index contributed by atoms with van der Waals surface area (Å²) < 4.78 is 57.9. The van der Waals surface area contributed by atoms with Gasteiger partial charge in [0.1, 0.15) is 16.5 Å². The molecular weight excluding hydrogens is 276 g/mol. The molecule has 0 amide bonds. The van der Waals surface area contributed by atoms with Gasteiger partial charge in [0, 0.05) is 13.1 Å². The summed E-state index contributed by atoms with van der Waals surface area (Å²) in [5.74, 6) is -1.73. The van der Waals surface area contributed by atoms with Gasteiger partial charge >= 0.3 is 0 Å². The van der Waals surface area contributed by atoms with Gasteiger partial charge in [-0.25, -0.2) is 17.2 Å². The van der Waals surface area contributed by atoms with Crippen molar-refractivity contribution >= 4 is 10.0 Å². The maximum atomic E-state index is 13.6. The van der Waals surface area contributed by atoms with Crippen molar-refractivity contribution in [1.82, 2.24) is 4.31 Å². The first-order chi connectivity index (χ1) is 8.80. The zero-order valence-electron chi connectivity index (χ0n) is 10.6. The third-order valence-electron chi connectivity index (χ3n) is 2.90. The second kappa shape index (κ2) is 5.15. The van der Waals surface area contributed by atoms with Gasteiger partial charge in [-0.2, -0.15) is 4.31 Å². The third-order valence-corrected chi connectivity index (χ3v) is 4.74. The summed E-state index contributed by atoms with van der Waals surface area (Å²) >= 11 is 0. The molecule has 0 N–H and O–H groups in total. The molecule has 1 aromatic rings. The van der Waals surface area contributed by atoms with E-state index < -0.39 is 26.6 Å². The molecule has 0 radical (unpaired) electrons. The Morgan fingerprint density at radius 3 is 2.37 bits per heavy atom. The van der Waals surface area contributed by atoms with Crippen LogP contribution in [0, 0.1) is 11.6 Å². The average Bonchev–Trinajstić information content (AvgIpc) is 2.31. The molecule has 1 saturated heterocycles. The Bertz CT molecular complexity index is 566. The van der Waals surface area contributed by atoms with Crippen LogP contribution in [0.25, 0.3) is 0 Å². The lowest BCUT2D eigenvalue weighted by Gasteiger charge is -2.34. The summed E-state index contributed by atoms with van der Waals surface area (Å²) in [6, 6.07) is 2.41. The normalized spacial score (nSPS) is 25.5. The van der Waals surface area contributed by atoms with E-state index in [1.54, 1.807) is 13.8 Å². The minimum Gasteiger partial charge on any atom is -0.373 e. The fourth-order valence-electron chi connectivity index (χ4n) is 2.14. The number of hydrogen-bond donors (Lipinski definition) is 0. The molecule has 106 valence electrons.